The lowest BCUT2D eigenvalue weighted by Crippen LogP contribution is -2.63. The van der Waals surface area contributed by atoms with E-state index in [1.807, 2.05) is 13.8 Å². The molecule has 2 unspecified atom stereocenters. The molecule has 114 valence electrons. The quantitative estimate of drug-likeness (QED) is 0.930. The molecule has 0 saturated carbocycles. The fourth-order valence-electron chi connectivity index (χ4n) is 2.46. The summed E-state index contributed by atoms with van der Waals surface area (Å²) in [4.78, 5) is 25.5. The number of nitrogens with zero attached hydrogens (tertiary/aromatic N) is 1. The Kier molecular flexibility index (Phi) is 4.25. The maximum absolute atomic E-state index is 13.9. The minimum absolute atomic E-state index is 0.187. The number of amides is 2. The van der Waals surface area contributed by atoms with Crippen LogP contribution in [0.5, 0.6) is 0 Å². The Morgan fingerprint density at radius 1 is 1.29 bits per heavy atom. The number of piperazine rings is 1. The molecule has 1 heterocycles. The van der Waals surface area contributed by atoms with Crippen LogP contribution in [-0.4, -0.2) is 23.9 Å². The lowest BCUT2D eigenvalue weighted by atomic mass is 9.98. The fraction of sp³-hybridized carbons (Fsp3) is 0.467. The van der Waals surface area contributed by atoms with Crippen molar-refractivity contribution in [2.24, 2.45) is 5.92 Å². The van der Waals surface area contributed by atoms with Gasteiger partial charge in [0, 0.05) is 6.07 Å². The smallest absolute Gasteiger partial charge is 0.250 e. The Morgan fingerprint density at radius 3 is 2.57 bits per heavy atom. The zero-order valence-electron chi connectivity index (χ0n) is 12.2. The van der Waals surface area contributed by atoms with Gasteiger partial charge in [-0.05, 0) is 31.4 Å². The van der Waals surface area contributed by atoms with Gasteiger partial charge in [0.15, 0.2) is 0 Å². The molecule has 0 bridgehead atoms. The minimum Gasteiger partial charge on any atom is -0.342 e. The van der Waals surface area contributed by atoms with E-state index in [2.05, 4.69) is 5.32 Å². The van der Waals surface area contributed by atoms with Crippen LogP contribution in [0.2, 0.25) is 0 Å². The van der Waals surface area contributed by atoms with Gasteiger partial charge in [0.05, 0.1) is 5.69 Å². The molecule has 1 N–H and O–H groups in total. The highest BCUT2D eigenvalue weighted by Crippen LogP contribution is 2.26. The second-order valence-corrected chi connectivity index (χ2v) is 5.67. The number of hydrogen-bond acceptors (Lipinski definition) is 2. The van der Waals surface area contributed by atoms with Crippen molar-refractivity contribution in [3.8, 4) is 0 Å². The SMILES string of the molecule is CC(C)CC1NC(=O)C(C)N(c2cc(F)ccc2F)C1=O. The van der Waals surface area contributed by atoms with Crippen molar-refractivity contribution in [3.63, 3.8) is 0 Å². The van der Waals surface area contributed by atoms with Crippen LogP contribution < -0.4 is 10.2 Å². The number of rotatable bonds is 3. The first-order chi connectivity index (χ1) is 9.81. The van der Waals surface area contributed by atoms with Crippen LogP contribution in [0.1, 0.15) is 27.2 Å². The van der Waals surface area contributed by atoms with Gasteiger partial charge < -0.3 is 5.32 Å². The van der Waals surface area contributed by atoms with Crippen molar-refractivity contribution >= 4 is 17.5 Å². The third-order valence-electron chi connectivity index (χ3n) is 3.49. The number of benzene rings is 1. The van der Waals surface area contributed by atoms with Crippen LogP contribution in [0.15, 0.2) is 18.2 Å². The van der Waals surface area contributed by atoms with E-state index in [0.717, 1.165) is 23.1 Å². The zero-order chi connectivity index (χ0) is 15.7. The summed E-state index contributed by atoms with van der Waals surface area (Å²) in [5.41, 5.74) is -0.198. The molecule has 0 spiro atoms. The molecule has 1 fully saturated rings. The van der Waals surface area contributed by atoms with Crippen LogP contribution in [0.3, 0.4) is 0 Å². The Hall–Kier alpha value is -1.98. The van der Waals surface area contributed by atoms with Crippen molar-refractivity contribution in [1.82, 2.24) is 5.32 Å². The van der Waals surface area contributed by atoms with Crippen LogP contribution >= 0.6 is 0 Å². The zero-order valence-corrected chi connectivity index (χ0v) is 12.2. The highest BCUT2D eigenvalue weighted by molar-refractivity contribution is 6.08. The molecule has 2 atom stereocenters. The van der Waals surface area contributed by atoms with E-state index in [9.17, 15) is 18.4 Å². The van der Waals surface area contributed by atoms with E-state index in [0.29, 0.717) is 6.42 Å². The van der Waals surface area contributed by atoms with Crippen molar-refractivity contribution in [2.75, 3.05) is 4.90 Å². The van der Waals surface area contributed by atoms with Gasteiger partial charge >= 0.3 is 0 Å². The molecule has 1 aliphatic rings. The van der Waals surface area contributed by atoms with Gasteiger partial charge in [-0.15, -0.1) is 0 Å². The molecular formula is C15H18F2N2O2. The largest absolute Gasteiger partial charge is 0.342 e. The van der Waals surface area contributed by atoms with E-state index in [1.165, 1.54) is 6.92 Å². The van der Waals surface area contributed by atoms with Crippen LogP contribution in [-0.2, 0) is 9.59 Å². The maximum atomic E-state index is 13.9. The molecule has 0 radical (unpaired) electrons. The molecule has 4 nitrogen and oxygen atoms in total. The first-order valence-electron chi connectivity index (χ1n) is 6.89. The van der Waals surface area contributed by atoms with E-state index in [-0.39, 0.29) is 17.5 Å². The predicted octanol–water partition coefficient (Wildman–Crippen LogP) is 2.23. The molecule has 1 aromatic carbocycles. The topological polar surface area (TPSA) is 49.4 Å². The van der Waals surface area contributed by atoms with Crippen molar-refractivity contribution in [3.05, 3.63) is 29.8 Å². The molecular weight excluding hydrogens is 278 g/mol. The Morgan fingerprint density at radius 2 is 1.95 bits per heavy atom. The van der Waals surface area contributed by atoms with Crippen LogP contribution in [0.25, 0.3) is 0 Å². The average Bonchev–Trinajstić information content (AvgIpc) is 2.39. The van der Waals surface area contributed by atoms with Crippen molar-refractivity contribution in [1.29, 1.82) is 0 Å². The first kappa shape index (κ1) is 15.4. The summed E-state index contributed by atoms with van der Waals surface area (Å²) < 4.78 is 27.3. The normalized spacial score (nSPS) is 22.7. The Labute approximate surface area is 122 Å². The highest BCUT2D eigenvalue weighted by atomic mass is 19.1. The number of halogens is 2. The first-order valence-corrected chi connectivity index (χ1v) is 6.89. The van der Waals surface area contributed by atoms with Gasteiger partial charge in [-0.25, -0.2) is 8.78 Å². The number of anilines is 1. The summed E-state index contributed by atoms with van der Waals surface area (Å²) in [6, 6.07) is 1.28. The third kappa shape index (κ3) is 3.04. The number of carbonyl (C=O) groups is 2. The summed E-state index contributed by atoms with van der Waals surface area (Å²) in [7, 11) is 0. The number of hydrogen-bond donors (Lipinski definition) is 1. The molecule has 2 amide bonds. The Balaban J connectivity index is 2.41. The van der Waals surface area contributed by atoms with Gasteiger partial charge in [-0.3, -0.25) is 14.5 Å². The second kappa shape index (κ2) is 5.79. The second-order valence-electron chi connectivity index (χ2n) is 5.67. The van der Waals surface area contributed by atoms with Crippen LogP contribution in [0, 0.1) is 17.6 Å². The molecule has 21 heavy (non-hydrogen) atoms. The van der Waals surface area contributed by atoms with Crippen molar-refractivity contribution < 1.29 is 18.4 Å². The highest BCUT2D eigenvalue weighted by Gasteiger charge is 2.40. The maximum Gasteiger partial charge on any atom is 0.250 e. The van der Waals surface area contributed by atoms with Gasteiger partial charge in [-0.1, -0.05) is 13.8 Å². The average molecular weight is 296 g/mol. The molecule has 0 aliphatic carbocycles. The minimum atomic E-state index is -0.878. The van der Waals surface area contributed by atoms with Crippen LogP contribution in [0.4, 0.5) is 14.5 Å². The van der Waals surface area contributed by atoms with Gasteiger partial charge in [0.25, 0.3) is 0 Å². The molecule has 0 aromatic heterocycles. The van der Waals surface area contributed by atoms with E-state index >= 15 is 0 Å². The summed E-state index contributed by atoms with van der Waals surface area (Å²) >= 11 is 0. The standard InChI is InChI=1S/C15H18F2N2O2/c1-8(2)6-12-15(21)19(9(3)14(20)18-12)13-7-10(16)4-5-11(13)17/h4-5,7-9,12H,6H2,1-3H3,(H,18,20). The fourth-order valence-corrected chi connectivity index (χ4v) is 2.46. The third-order valence-corrected chi connectivity index (χ3v) is 3.49. The van der Waals surface area contributed by atoms with Gasteiger partial charge in [-0.2, -0.15) is 0 Å². The van der Waals surface area contributed by atoms with Crippen molar-refractivity contribution in [2.45, 2.75) is 39.3 Å². The summed E-state index contributed by atoms with van der Waals surface area (Å²) in [5, 5.41) is 2.63. The van der Waals surface area contributed by atoms with Gasteiger partial charge in [0.2, 0.25) is 11.8 Å². The molecule has 2 rings (SSSR count). The summed E-state index contributed by atoms with van der Waals surface area (Å²) in [6.07, 6.45) is 0.449. The predicted molar refractivity (Wildman–Crippen MR) is 74.7 cm³/mol. The summed E-state index contributed by atoms with van der Waals surface area (Å²) in [6.45, 7) is 5.33. The molecule has 1 saturated heterocycles. The molecule has 1 aliphatic heterocycles. The molecule has 6 heteroatoms. The lowest BCUT2D eigenvalue weighted by Gasteiger charge is -2.38. The van der Waals surface area contributed by atoms with E-state index in [4.69, 9.17) is 0 Å². The molecule has 1 aromatic rings. The Bertz CT molecular complexity index is 575. The van der Waals surface area contributed by atoms with E-state index < -0.39 is 29.6 Å². The van der Waals surface area contributed by atoms with E-state index in [1.54, 1.807) is 0 Å². The lowest BCUT2D eigenvalue weighted by molar-refractivity contribution is -0.133. The monoisotopic (exact) mass is 296 g/mol. The number of carbonyl (C=O) groups excluding carboxylic acids is 2. The van der Waals surface area contributed by atoms with Gasteiger partial charge in [0.1, 0.15) is 23.7 Å². The number of nitrogens with one attached hydrogen (secondary N) is 1. The summed E-state index contributed by atoms with van der Waals surface area (Å²) in [5.74, 6) is -1.98.